The summed E-state index contributed by atoms with van der Waals surface area (Å²) in [6.45, 7) is 1.90. The maximum atomic E-state index is 13.1. The molecule has 0 amide bonds. The number of hydrogen-bond donors (Lipinski definition) is 1. The van der Waals surface area contributed by atoms with E-state index in [1.54, 1.807) is 24.4 Å². The molecule has 2 aromatic heterocycles. The molecule has 0 bridgehead atoms. The van der Waals surface area contributed by atoms with Gasteiger partial charge in [0.1, 0.15) is 11.5 Å². The highest BCUT2D eigenvalue weighted by atomic mass is 19.1. The SMILES string of the molecule is Cc1cc(=O)n(C2CCCC2)c2nc(Nc3ccc(F)cc3)ncc12. The second-order valence-electron chi connectivity index (χ2n) is 6.54. The first-order valence-corrected chi connectivity index (χ1v) is 8.53. The highest BCUT2D eigenvalue weighted by molar-refractivity contribution is 5.79. The molecule has 25 heavy (non-hydrogen) atoms. The number of pyridine rings is 1. The van der Waals surface area contributed by atoms with Crippen LogP contribution in [0.3, 0.4) is 0 Å². The molecule has 4 rings (SSSR count). The number of nitrogens with one attached hydrogen (secondary N) is 1. The molecular formula is C19H19FN4O. The van der Waals surface area contributed by atoms with E-state index in [1.165, 1.54) is 12.1 Å². The number of aromatic nitrogens is 3. The standard InChI is InChI=1S/C19H19FN4O/c1-12-10-17(25)24(15-4-2-3-5-15)18-16(12)11-21-19(23-18)22-14-8-6-13(20)7-9-14/h6-11,15H,2-5H2,1H3,(H,21,22,23). The van der Waals surface area contributed by atoms with Crippen LogP contribution in [0, 0.1) is 12.7 Å². The first-order valence-electron chi connectivity index (χ1n) is 8.53. The van der Waals surface area contributed by atoms with Crippen LogP contribution in [0.5, 0.6) is 0 Å². The van der Waals surface area contributed by atoms with Gasteiger partial charge in [-0.3, -0.25) is 9.36 Å². The number of nitrogens with zero attached hydrogens (tertiary/aromatic N) is 3. The highest BCUT2D eigenvalue weighted by Gasteiger charge is 2.21. The van der Waals surface area contributed by atoms with Crippen LogP contribution in [-0.2, 0) is 0 Å². The maximum Gasteiger partial charge on any atom is 0.252 e. The van der Waals surface area contributed by atoms with Crippen molar-refractivity contribution in [2.24, 2.45) is 0 Å². The summed E-state index contributed by atoms with van der Waals surface area (Å²) in [6, 6.07) is 7.87. The smallest absolute Gasteiger partial charge is 0.252 e. The second-order valence-corrected chi connectivity index (χ2v) is 6.54. The van der Waals surface area contributed by atoms with Gasteiger partial charge in [0, 0.05) is 29.4 Å². The monoisotopic (exact) mass is 338 g/mol. The first kappa shape index (κ1) is 15.7. The van der Waals surface area contributed by atoms with Crippen LogP contribution in [0.2, 0.25) is 0 Å². The summed E-state index contributed by atoms with van der Waals surface area (Å²) in [5.74, 6) is 0.103. The Hall–Kier alpha value is -2.76. The lowest BCUT2D eigenvalue weighted by Crippen LogP contribution is -2.24. The predicted molar refractivity (Wildman–Crippen MR) is 95.7 cm³/mol. The van der Waals surface area contributed by atoms with E-state index in [9.17, 15) is 9.18 Å². The lowest BCUT2D eigenvalue weighted by molar-refractivity contribution is 0.515. The summed E-state index contributed by atoms with van der Waals surface area (Å²) in [6.07, 6.45) is 6.02. The van der Waals surface area contributed by atoms with Gasteiger partial charge in [-0.2, -0.15) is 4.98 Å². The van der Waals surface area contributed by atoms with Crippen molar-refractivity contribution in [3.05, 3.63) is 58.3 Å². The van der Waals surface area contributed by atoms with Crippen molar-refractivity contribution in [1.82, 2.24) is 14.5 Å². The molecule has 0 unspecified atom stereocenters. The number of aryl methyl sites for hydroxylation is 1. The molecule has 5 nitrogen and oxygen atoms in total. The van der Waals surface area contributed by atoms with Crippen molar-refractivity contribution in [3.8, 4) is 0 Å². The summed E-state index contributed by atoms with van der Waals surface area (Å²) < 4.78 is 14.9. The van der Waals surface area contributed by atoms with Gasteiger partial charge in [-0.15, -0.1) is 0 Å². The molecule has 2 heterocycles. The van der Waals surface area contributed by atoms with Gasteiger partial charge in [-0.25, -0.2) is 9.37 Å². The normalized spacial score (nSPS) is 15.0. The summed E-state index contributed by atoms with van der Waals surface area (Å²) in [7, 11) is 0. The third kappa shape index (κ3) is 2.99. The average Bonchev–Trinajstić information content (AvgIpc) is 3.11. The number of hydrogen-bond acceptors (Lipinski definition) is 4. The number of benzene rings is 1. The van der Waals surface area contributed by atoms with E-state index in [1.807, 2.05) is 11.5 Å². The zero-order valence-corrected chi connectivity index (χ0v) is 14.0. The van der Waals surface area contributed by atoms with E-state index >= 15 is 0 Å². The van der Waals surface area contributed by atoms with Gasteiger partial charge in [-0.1, -0.05) is 12.8 Å². The Balaban J connectivity index is 1.81. The lowest BCUT2D eigenvalue weighted by atomic mass is 10.1. The molecule has 0 spiro atoms. The molecule has 1 aliphatic rings. The molecule has 1 aliphatic carbocycles. The van der Waals surface area contributed by atoms with Crippen LogP contribution in [0.4, 0.5) is 16.0 Å². The molecule has 3 aromatic rings. The topological polar surface area (TPSA) is 59.8 Å². The molecule has 0 atom stereocenters. The van der Waals surface area contributed by atoms with Crippen LogP contribution in [0.1, 0.15) is 37.3 Å². The van der Waals surface area contributed by atoms with E-state index in [-0.39, 0.29) is 17.4 Å². The third-order valence-corrected chi connectivity index (χ3v) is 4.79. The van der Waals surface area contributed by atoms with Crippen LogP contribution in [0.15, 0.2) is 41.3 Å². The van der Waals surface area contributed by atoms with Crippen molar-refractivity contribution in [1.29, 1.82) is 0 Å². The van der Waals surface area contributed by atoms with Crippen LogP contribution < -0.4 is 10.9 Å². The minimum atomic E-state index is -0.296. The summed E-state index contributed by atoms with van der Waals surface area (Å²) in [5.41, 5.74) is 2.23. The van der Waals surface area contributed by atoms with Gasteiger partial charge in [0.15, 0.2) is 0 Å². The third-order valence-electron chi connectivity index (χ3n) is 4.79. The van der Waals surface area contributed by atoms with Gasteiger partial charge in [0.25, 0.3) is 5.56 Å². The number of fused-ring (bicyclic) bond motifs is 1. The Labute approximate surface area is 144 Å². The van der Waals surface area contributed by atoms with Crippen molar-refractivity contribution >= 4 is 22.7 Å². The van der Waals surface area contributed by atoms with Crippen LogP contribution in [-0.4, -0.2) is 14.5 Å². The zero-order valence-electron chi connectivity index (χ0n) is 14.0. The number of halogens is 1. The Kier molecular flexibility index (Phi) is 3.95. The molecule has 0 radical (unpaired) electrons. The molecule has 1 aromatic carbocycles. The van der Waals surface area contributed by atoms with Crippen molar-refractivity contribution in [2.45, 2.75) is 38.6 Å². The van der Waals surface area contributed by atoms with Crippen molar-refractivity contribution in [2.75, 3.05) is 5.32 Å². The van der Waals surface area contributed by atoms with Gasteiger partial charge in [0.2, 0.25) is 5.95 Å². The molecule has 0 aliphatic heterocycles. The van der Waals surface area contributed by atoms with E-state index in [2.05, 4.69) is 15.3 Å². The van der Waals surface area contributed by atoms with Gasteiger partial charge < -0.3 is 5.32 Å². The molecule has 1 N–H and O–H groups in total. The maximum absolute atomic E-state index is 13.1. The molecule has 128 valence electrons. The fourth-order valence-corrected chi connectivity index (χ4v) is 3.51. The average molecular weight is 338 g/mol. The van der Waals surface area contributed by atoms with E-state index in [0.29, 0.717) is 17.3 Å². The highest BCUT2D eigenvalue weighted by Crippen LogP contribution is 2.31. The summed E-state index contributed by atoms with van der Waals surface area (Å²) >= 11 is 0. The number of anilines is 2. The Morgan fingerprint density at radius 2 is 1.92 bits per heavy atom. The fraction of sp³-hybridized carbons (Fsp3) is 0.316. The lowest BCUT2D eigenvalue weighted by Gasteiger charge is -2.17. The van der Waals surface area contributed by atoms with E-state index < -0.39 is 0 Å². The quantitative estimate of drug-likeness (QED) is 0.781. The van der Waals surface area contributed by atoms with Gasteiger partial charge in [-0.05, 0) is 49.6 Å². The summed E-state index contributed by atoms with van der Waals surface area (Å²) in [5, 5.41) is 3.96. The largest absolute Gasteiger partial charge is 0.324 e. The summed E-state index contributed by atoms with van der Waals surface area (Å²) in [4.78, 5) is 21.5. The first-order chi connectivity index (χ1) is 12.1. The molecule has 1 saturated carbocycles. The Morgan fingerprint density at radius 1 is 1.20 bits per heavy atom. The fourth-order valence-electron chi connectivity index (χ4n) is 3.51. The van der Waals surface area contributed by atoms with Crippen LogP contribution in [0.25, 0.3) is 11.0 Å². The molecular weight excluding hydrogens is 319 g/mol. The minimum absolute atomic E-state index is 0.0108. The number of rotatable bonds is 3. The molecule has 6 heteroatoms. The zero-order chi connectivity index (χ0) is 17.4. The Bertz CT molecular complexity index is 975. The van der Waals surface area contributed by atoms with E-state index in [4.69, 9.17) is 0 Å². The molecule has 0 saturated heterocycles. The Morgan fingerprint density at radius 3 is 2.64 bits per heavy atom. The molecule has 1 fully saturated rings. The van der Waals surface area contributed by atoms with Crippen LogP contribution >= 0.6 is 0 Å². The van der Waals surface area contributed by atoms with Gasteiger partial charge in [0.05, 0.1) is 0 Å². The van der Waals surface area contributed by atoms with Crippen molar-refractivity contribution in [3.63, 3.8) is 0 Å². The second kappa shape index (κ2) is 6.27. The van der Waals surface area contributed by atoms with Crippen molar-refractivity contribution < 1.29 is 4.39 Å². The minimum Gasteiger partial charge on any atom is -0.324 e. The van der Waals surface area contributed by atoms with Gasteiger partial charge >= 0.3 is 0 Å². The van der Waals surface area contributed by atoms with E-state index in [0.717, 1.165) is 36.6 Å². The predicted octanol–water partition coefficient (Wildman–Crippen LogP) is 4.10.